The van der Waals surface area contributed by atoms with Gasteiger partial charge in [0.1, 0.15) is 0 Å². The first-order chi connectivity index (χ1) is 13.3. The molecular weight excluding hydrogens is 380 g/mol. The normalized spacial score (nSPS) is 10.9. The average molecular weight is 398 g/mol. The summed E-state index contributed by atoms with van der Waals surface area (Å²) >= 11 is 1.71. The number of hydrogen-bond donors (Lipinski definition) is 1. The predicted octanol–water partition coefficient (Wildman–Crippen LogP) is 4.71. The molecule has 0 aliphatic heterocycles. The molecule has 3 rings (SSSR count). The first-order valence-electron chi connectivity index (χ1n) is 8.51. The van der Waals surface area contributed by atoms with Crippen LogP contribution in [0.15, 0.2) is 51.8 Å². The van der Waals surface area contributed by atoms with E-state index in [2.05, 4.69) is 29.4 Å². The number of amides is 1. The van der Waals surface area contributed by atoms with Crippen LogP contribution in [0.4, 0.5) is 11.7 Å². The van der Waals surface area contributed by atoms with E-state index in [0.29, 0.717) is 5.25 Å². The summed E-state index contributed by atoms with van der Waals surface area (Å²) in [5.41, 5.74) is 1.05. The highest BCUT2D eigenvalue weighted by atomic mass is 32.2. The number of benzene rings is 2. The van der Waals surface area contributed by atoms with Gasteiger partial charge in [0, 0.05) is 32.9 Å². The molecule has 1 aromatic heterocycles. The molecule has 0 fully saturated rings. The van der Waals surface area contributed by atoms with Crippen LogP contribution in [-0.4, -0.2) is 26.3 Å². The van der Waals surface area contributed by atoms with Crippen molar-refractivity contribution in [2.24, 2.45) is 0 Å². The molecule has 8 nitrogen and oxygen atoms in total. The molecule has 0 saturated carbocycles. The van der Waals surface area contributed by atoms with Gasteiger partial charge in [0.25, 0.3) is 11.6 Å². The second-order valence-corrected chi connectivity index (χ2v) is 7.92. The fourth-order valence-corrected chi connectivity index (χ4v) is 3.49. The van der Waals surface area contributed by atoms with E-state index in [4.69, 9.17) is 4.42 Å². The van der Waals surface area contributed by atoms with Crippen LogP contribution in [0, 0.1) is 17.0 Å². The zero-order valence-electron chi connectivity index (χ0n) is 15.5. The van der Waals surface area contributed by atoms with Crippen molar-refractivity contribution in [2.45, 2.75) is 30.9 Å². The van der Waals surface area contributed by atoms with E-state index in [9.17, 15) is 14.9 Å². The summed E-state index contributed by atoms with van der Waals surface area (Å²) in [5, 5.41) is 21.8. The number of carbonyl (C=O) groups is 1. The third-order valence-electron chi connectivity index (χ3n) is 3.84. The van der Waals surface area contributed by atoms with Gasteiger partial charge in [-0.2, -0.15) is 0 Å². The summed E-state index contributed by atoms with van der Waals surface area (Å²) < 4.78 is 5.54. The molecule has 28 heavy (non-hydrogen) atoms. The lowest BCUT2D eigenvalue weighted by Gasteiger charge is -2.05. The van der Waals surface area contributed by atoms with Crippen LogP contribution in [0.5, 0.6) is 0 Å². The second kappa shape index (κ2) is 8.22. The van der Waals surface area contributed by atoms with Crippen LogP contribution in [0.25, 0.3) is 11.5 Å². The summed E-state index contributed by atoms with van der Waals surface area (Å²) in [6.07, 6.45) is 0. The Morgan fingerprint density at radius 3 is 2.68 bits per heavy atom. The fourth-order valence-electron chi connectivity index (χ4n) is 2.60. The van der Waals surface area contributed by atoms with E-state index in [1.165, 1.54) is 25.1 Å². The van der Waals surface area contributed by atoms with E-state index in [1.807, 2.05) is 24.3 Å². The monoisotopic (exact) mass is 398 g/mol. The van der Waals surface area contributed by atoms with Crippen LogP contribution >= 0.6 is 11.8 Å². The minimum atomic E-state index is -0.555. The third-order valence-corrected chi connectivity index (χ3v) is 4.84. The Bertz CT molecular complexity index is 1030. The molecule has 9 heteroatoms. The largest absolute Gasteiger partial charge is 0.403 e. The van der Waals surface area contributed by atoms with Crippen molar-refractivity contribution < 1.29 is 14.1 Å². The van der Waals surface area contributed by atoms with Crippen LogP contribution in [0.2, 0.25) is 0 Å². The maximum absolute atomic E-state index is 12.5. The van der Waals surface area contributed by atoms with Gasteiger partial charge in [-0.1, -0.05) is 31.1 Å². The molecule has 0 spiro atoms. The molecule has 0 aliphatic rings. The van der Waals surface area contributed by atoms with Gasteiger partial charge in [-0.05, 0) is 31.2 Å². The quantitative estimate of drug-likeness (QED) is 0.364. The van der Waals surface area contributed by atoms with Crippen LogP contribution in [-0.2, 0) is 0 Å². The topological polar surface area (TPSA) is 111 Å². The van der Waals surface area contributed by atoms with Gasteiger partial charge in [0.05, 0.1) is 4.92 Å². The van der Waals surface area contributed by atoms with E-state index in [-0.39, 0.29) is 28.7 Å². The molecular formula is C19H18N4O4S. The maximum Gasteiger partial charge on any atom is 0.322 e. The van der Waals surface area contributed by atoms with Gasteiger partial charge in [0.15, 0.2) is 0 Å². The number of nitro benzene ring substituents is 1. The first-order valence-corrected chi connectivity index (χ1v) is 9.39. The summed E-state index contributed by atoms with van der Waals surface area (Å²) in [4.78, 5) is 24.1. The Balaban J connectivity index is 1.79. The van der Waals surface area contributed by atoms with Gasteiger partial charge in [0.2, 0.25) is 5.89 Å². The van der Waals surface area contributed by atoms with Crippen LogP contribution in [0.3, 0.4) is 0 Å². The summed E-state index contributed by atoms with van der Waals surface area (Å²) in [7, 11) is 0. The maximum atomic E-state index is 12.5. The first kappa shape index (κ1) is 19.6. The number of anilines is 1. The van der Waals surface area contributed by atoms with Gasteiger partial charge in [-0.25, -0.2) is 0 Å². The number of nitrogens with zero attached hydrogens (tertiary/aromatic N) is 3. The highest BCUT2D eigenvalue weighted by Gasteiger charge is 2.20. The van der Waals surface area contributed by atoms with Crippen molar-refractivity contribution in [1.29, 1.82) is 0 Å². The highest BCUT2D eigenvalue weighted by molar-refractivity contribution is 7.99. The average Bonchev–Trinajstić information content (AvgIpc) is 3.09. The van der Waals surface area contributed by atoms with Crippen molar-refractivity contribution in [3.63, 3.8) is 0 Å². The molecule has 2 aromatic carbocycles. The van der Waals surface area contributed by atoms with Gasteiger partial charge in [-0.15, -0.1) is 16.9 Å². The number of rotatable bonds is 6. The zero-order chi connectivity index (χ0) is 20.3. The smallest absolute Gasteiger partial charge is 0.322 e. The summed E-state index contributed by atoms with van der Waals surface area (Å²) in [5.74, 6) is -0.280. The number of thioether (sulfide) groups is 1. The van der Waals surface area contributed by atoms with E-state index < -0.39 is 10.8 Å². The van der Waals surface area contributed by atoms with Crippen LogP contribution < -0.4 is 5.32 Å². The van der Waals surface area contributed by atoms with Gasteiger partial charge >= 0.3 is 6.01 Å². The molecule has 0 unspecified atom stereocenters. The Hall–Kier alpha value is -3.20. The Labute approximate surface area is 165 Å². The molecule has 3 aromatic rings. The summed E-state index contributed by atoms with van der Waals surface area (Å²) in [6.45, 7) is 5.73. The number of nitro groups is 1. The number of hydrogen-bond acceptors (Lipinski definition) is 7. The molecule has 0 aliphatic carbocycles. The Morgan fingerprint density at radius 2 is 1.96 bits per heavy atom. The number of carbonyl (C=O) groups excluding carboxylic acids is 1. The lowest BCUT2D eigenvalue weighted by atomic mass is 10.1. The molecule has 0 bridgehead atoms. The van der Waals surface area contributed by atoms with E-state index in [0.717, 1.165) is 10.5 Å². The molecule has 0 radical (unpaired) electrons. The summed E-state index contributed by atoms with van der Waals surface area (Å²) in [6, 6.07) is 11.9. The van der Waals surface area contributed by atoms with E-state index >= 15 is 0 Å². The molecule has 0 atom stereocenters. The van der Waals surface area contributed by atoms with Crippen molar-refractivity contribution in [1.82, 2.24) is 10.2 Å². The third kappa shape index (κ3) is 4.37. The molecule has 0 saturated heterocycles. The molecule has 144 valence electrons. The van der Waals surface area contributed by atoms with Crippen molar-refractivity contribution in [2.75, 3.05) is 5.32 Å². The highest BCUT2D eigenvalue weighted by Crippen LogP contribution is 2.28. The minimum absolute atomic E-state index is 0.0761. The predicted molar refractivity (Wildman–Crippen MR) is 107 cm³/mol. The van der Waals surface area contributed by atoms with Crippen molar-refractivity contribution in [3.05, 3.63) is 63.7 Å². The fraction of sp³-hybridized carbons (Fsp3) is 0.211. The standard InChI is InChI=1S/C19H18N4O4S/c1-11(2)28-14-7-4-6-13(10-14)18-21-22-19(27-18)20-17(24)15-8-5-9-16(12(15)3)23(25)26/h4-11H,1-3H3,(H,20,22,24). The Morgan fingerprint density at radius 1 is 1.21 bits per heavy atom. The SMILES string of the molecule is Cc1c(C(=O)Nc2nnc(-c3cccc(SC(C)C)c3)o2)cccc1[N+](=O)[O-]. The van der Waals surface area contributed by atoms with Gasteiger partial charge < -0.3 is 4.42 Å². The van der Waals surface area contributed by atoms with Gasteiger partial charge in [-0.3, -0.25) is 20.2 Å². The van der Waals surface area contributed by atoms with Crippen LogP contribution in [0.1, 0.15) is 29.8 Å². The number of aromatic nitrogens is 2. The van der Waals surface area contributed by atoms with E-state index in [1.54, 1.807) is 11.8 Å². The molecule has 1 heterocycles. The van der Waals surface area contributed by atoms with Crippen molar-refractivity contribution in [3.8, 4) is 11.5 Å². The Kier molecular flexibility index (Phi) is 5.74. The number of nitrogens with one attached hydrogen (secondary N) is 1. The second-order valence-electron chi connectivity index (χ2n) is 6.27. The minimum Gasteiger partial charge on any atom is -0.403 e. The lowest BCUT2D eigenvalue weighted by molar-refractivity contribution is -0.385. The lowest BCUT2D eigenvalue weighted by Crippen LogP contribution is -2.14. The molecule has 1 N–H and O–H groups in total. The zero-order valence-corrected chi connectivity index (χ0v) is 16.3. The molecule has 1 amide bonds. The van der Waals surface area contributed by atoms with Crippen molar-refractivity contribution >= 4 is 29.4 Å².